The van der Waals surface area contributed by atoms with E-state index in [2.05, 4.69) is 5.32 Å². The number of hydrogen-bond donors (Lipinski definition) is 2. The van der Waals surface area contributed by atoms with Crippen LogP contribution in [0, 0.1) is 0 Å². The van der Waals surface area contributed by atoms with E-state index in [-0.39, 0.29) is 0 Å². The number of halogens is 2. The molecule has 0 spiro atoms. The molecule has 2 nitrogen and oxygen atoms in total. The third-order valence-corrected chi connectivity index (χ3v) is 2.58. The van der Waals surface area contributed by atoms with Crippen LogP contribution in [-0.2, 0) is 5.60 Å². The summed E-state index contributed by atoms with van der Waals surface area (Å²) in [7, 11) is 1.78. The number of likely N-dealkylation sites (N-methyl/N-ethyl adjacent to an activating group) is 1. The van der Waals surface area contributed by atoms with Crippen LogP contribution in [0.15, 0.2) is 18.2 Å². The minimum absolute atomic E-state index is 0.439. The third-order valence-electron chi connectivity index (χ3n) is 2.03. The van der Waals surface area contributed by atoms with E-state index < -0.39 is 5.60 Å². The fraction of sp³-hybridized carbons (Fsp3) is 0.400. The minimum Gasteiger partial charge on any atom is -0.384 e. The summed E-state index contributed by atoms with van der Waals surface area (Å²) >= 11 is 11.7. The van der Waals surface area contributed by atoms with Crippen molar-refractivity contribution in [3.05, 3.63) is 33.8 Å². The lowest BCUT2D eigenvalue weighted by Gasteiger charge is -2.24. The molecule has 0 aliphatic heterocycles. The maximum Gasteiger partial charge on any atom is 0.101 e. The molecular weight excluding hydrogens is 221 g/mol. The zero-order valence-electron chi connectivity index (χ0n) is 8.14. The minimum atomic E-state index is -0.976. The molecule has 0 saturated carbocycles. The number of hydrogen-bond acceptors (Lipinski definition) is 2. The van der Waals surface area contributed by atoms with Crippen LogP contribution in [0.1, 0.15) is 12.5 Å². The van der Waals surface area contributed by atoms with Crippen LogP contribution in [-0.4, -0.2) is 18.7 Å². The molecule has 1 atom stereocenters. The summed E-state index contributed by atoms with van der Waals surface area (Å²) in [6, 6.07) is 5.08. The molecule has 0 radical (unpaired) electrons. The molecule has 0 heterocycles. The van der Waals surface area contributed by atoms with Gasteiger partial charge in [-0.05, 0) is 26.1 Å². The van der Waals surface area contributed by atoms with Crippen molar-refractivity contribution in [3.63, 3.8) is 0 Å². The van der Waals surface area contributed by atoms with Crippen molar-refractivity contribution in [3.8, 4) is 0 Å². The molecule has 78 valence electrons. The Balaban J connectivity index is 3.06. The molecule has 0 saturated heterocycles. The zero-order valence-corrected chi connectivity index (χ0v) is 9.65. The predicted molar refractivity (Wildman–Crippen MR) is 60.0 cm³/mol. The van der Waals surface area contributed by atoms with Gasteiger partial charge in [-0.1, -0.05) is 29.3 Å². The van der Waals surface area contributed by atoms with E-state index in [0.717, 1.165) is 0 Å². The summed E-state index contributed by atoms with van der Waals surface area (Å²) in [5.74, 6) is 0. The van der Waals surface area contributed by atoms with Gasteiger partial charge in [-0.2, -0.15) is 0 Å². The first-order chi connectivity index (χ1) is 6.47. The molecule has 1 aromatic rings. The van der Waals surface area contributed by atoms with Crippen LogP contribution in [0.3, 0.4) is 0 Å². The predicted octanol–water partition coefficient (Wildman–Crippen LogP) is 2.42. The summed E-state index contributed by atoms with van der Waals surface area (Å²) in [6.45, 7) is 2.15. The Morgan fingerprint density at radius 2 is 2.07 bits per heavy atom. The van der Waals surface area contributed by atoms with E-state index in [0.29, 0.717) is 22.2 Å². The zero-order chi connectivity index (χ0) is 10.8. The summed E-state index contributed by atoms with van der Waals surface area (Å²) in [4.78, 5) is 0. The van der Waals surface area contributed by atoms with E-state index >= 15 is 0 Å². The fourth-order valence-corrected chi connectivity index (χ4v) is 1.98. The maximum atomic E-state index is 10.1. The monoisotopic (exact) mass is 233 g/mol. The van der Waals surface area contributed by atoms with Crippen molar-refractivity contribution < 1.29 is 5.11 Å². The Hall–Kier alpha value is -0.280. The van der Waals surface area contributed by atoms with Gasteiger partial charge in [0.15, 0.2) is 0 Å². The van der Waals surface area contributed by atoms with Gasteiger partial charge in [0.1, 0.15) is 5.60 Å². The smallest absolute Gasteiger partial charge is 0.101 e. The highest BCUT2D eigenvalue weighted by Crippen LogP contribution is 2.29. The molecule has 0 amide bonds. The highest BCUT2D eigenvalue weighted by Gasteiger charge is 2.24. The van der Waals surface area contributed by atoms with Crippen LogP contribution in [0.2, 0.25) is 10.0 Å². The molecule has 4 heteroatoms. The molecular formula is C10H13Cl2NO. The first kappa shape index (κ1) is 11.8. The molecule has 0 fully saturated rings. The van der Waals surface area contributed by atoms with Crippen molar-refractivity contribution in [1.82, 2.24) is 5.32 Å². The van der Waals surface area contributed by atoms with E-state index in [1.807, 2.05) is 0 Å². The average molecular weight is 234 g/mol. The SMILES string of the molecule is CNCC(C)(O)c1ccc(Cl)cc1Cl. The molecule has 2 N–H and O–H groups in total. The summed E-state index contributed by atoms with van der Waals surface area (Å²) in [6.07, 6.45) is 0. The van der Waals surface area contributed by atoms with Crippen LogP contribution in [0.5, 0.6) is 0 Å². The maximum absolute atomic E-state index is 10.1. The molecule has 1 rings (SSSR count). The number of benzene rings is 1. The molecule has 0 aromatic heterocycles. The van der Waals surface area contributed by atoms with Crippen molar-refractivity contribution in [2.75, 3.05) is 13.6 Å². The lowest BCUT2D eigenvalue weighted by molar-refractivity contribution is 0.0593. The normalized spacial score (nSPS) is 15.2. The van der Waals surface area contributed by atoms with Gasteiger partial charge in [0, 0.05) is 22.2 Å². The Bertz CT molecular complexity index is 326. The first-order valence-electron chi connectivity index (χ1n) is 4.30. The number of rotatable bonds is 3. The Morgan fingerprint density at radius 1 is 1.43 bits per heavy atom. The van der Waals surface area contributed by atoms with Gasteiger partial charge in [-0.25, -0.2) is 0 Å². The fourth-order valence-electron chi connectivity index (χ4n) is 1.37. The van der Waals surface area contributed by atoms with E-state index in [4.69, 9.17) is 23.2 Å². The Labute approximate surface area is 93.8 Å². The first-order valence-corrected chi connectivity index (χ1v) is 5.05. The third kappa shape index (κ3) is 2.61. The van der Waals surface area contributed by atoms with E-state index in [9.17, 15) is 5.11 Å². The highest BCUT2D eigenvalue weighted by atomic mass is 35.5. The van der Waals surface area contributed by atoms with Gasteiger partial charge >= 0.3 is 0 Å². The van der Waals surface area contributed by atoms with Gasteiger partial charge in [0.25, 0.3) is 0 Å². The molecule has 0 aliphatic carbocycles. The van der Waals surface area contributed by atoms with Gasteiger partial charge in [0.05, 0.1) is 0 Å². The molecule has 0 aliphatic rings. The quantitative estimate of drug-likeness (QED) is 0.841. The lowest BCUT2D eigenvalue weighted by Crippen LogP contribution is -2.33. The van der Waals surface area contributed by atoms with Crippen molar-refractivity contribution in [1.29, 1.82) is 0 Å². The van der Waals surface area contributed by atoms with Crippen LogP contribution < -0.4 is 5.32 Å². The number of aliphatic hydroxyl groups is 1. The second kappa shape index (κ2) is 4.49. The Morgan fingerprint density at radius 3 is 2.57 bits per heavy atom. The molecule has 0 bridgehead atoms. The van der Waals surface area contributed by atoms with Crippen LogP contribution in [0.25, 0.3) is 0 Å². The molecule has 1 unspecified atom stereocenters. The molecule has 1 aromatic carbocycles. The second-order valence-electron chi connectivity index (χ2n) is 3.43. The number of nitrogens with one attached hydrogen (secondary N) is 1. The average Bonchev–Trinajstić information content (AvgIpc) is 2.02. The summed E-state index contributed by atoms with van der Waals surface area (Å²) < 4.78 is 0. The second-order valence-corrected chi connectivity index (χ2v) is 4.27. The van der Waals surface area contributed by atoms with Crippen molar-refractivity contribution in [2.45, 2.75) is 12.5 Å². The lowest BCUT2D eigenvalue weighted by atomic mass is 9.96. The van der Waals surface area contributed by atoms with Crippen molar-refractivity contribution in [2.24, 2.45) is 0 Å². The summed E-state index contributed by atoms with van der Waals surface area (Å²) in [5.41, 5.74) is -0.297. The summed E-state index contributed by atoms with van der Waals surface area (Å²) in [5, 5.41) is 14.0. The van der Waals surface area contributed by atoms with Crippen LogP contribution >= 0.6 is 23.2 Å². The van der Waals surface area contributed by atoms with Gasteiger partial charge in [-0.15, -0.1) is 0 Å². The van der Waals surface area contributed by atoms with Crippen molar-refractivity contribution >= 4 is 23.2 Å². The highest BCUT2D eigenvalue weighted by molar-refractivity contribution is 6.35. The van der Waals surface area contributed by atoms with Gasteiger partial charge in [-0.3, -0.25) is 0 Å². The topological polar surface area (TPSA) is 32.3 Å². The standard InChI is InChI=1S/C10H13Cl2NO/c1-10(14,6-13-2)8-4-3-7(11)5-9(8)12/h3-5,13-14H,6H2,1-2H3. The van der Waals surface area contributed by atoms with Gasteiger partial charge < -0.3 is 10.4 Å². The largest absolute Gasteiger partial charge is 0.384 e. The van der Waals surface area contributed by atoms with Crippen LogP contribution in [0.4, 0.5) is 0 Å². The molecule has 14 heavy (non-hydrogen) atoms. The Kier molecular flexibility index (Phi) is 3.78. The van der Waals surface area contributed by atoms with E-state index in [1.54, 1.807) is 32.2 Å². The van der Waals surface area contributed by atoms with E-state index in [1.165, 1.54) is 0 Å². The van der Waals surface area contributed by atoms with Gasteiger partial charge in [0.2, 0.25) is 0 Å².